The van der Waals surface area contributed by atoms with Gasteiger partial charge in [0.25, 0.3) is 0 Å². The fraction of sp³-hybridized carbons (Fsp3) is 0.412. The molecule has 1 unspecified atom stereocenters. The van der Waals surface area contributed by atoms with Crippen molar-refractivity contribution in [2.24, 2.45) is 0 Å². The molecule has 0 spiro atoms. The first-order valence-corrected chi connectivity index (χ1v) is 7.65. The Balaban J connectivity index is 1.93. The van der Waals surface area contributed by atoms with E-state index in [0.717, 1.165) is 36.8 Å². The number of rotatable bonds is 4. The lowest BCUT2D eigenvalue weighted by atomic mass is 10.2. The summed E-state index contributed by atoms with van der Waals surface area (Å²) in [6, 6.07) is 10.9. The van der Waals surface area contributed by atoms with Crippen LogP contribution in [-0.2, 0) is 6.42 Å². The van der Waals surface area contributed by atoms with E-state index in [9.17, 15) is 0 Å². The fourth-order valence-corrected chi connectivity index (χ4v) is 2.65. The lowest BCUT2D eigenvalue weighted by molar-refractivity contribution is 0.757. The van der Waals surface area contributed by atoms with Gasteiger partial charge in [0.05, 0.1) is 0 Å². The van der Waals surface area contributed by atoms with E-state index >= 15 is 0 Å². The fourth-order valence-electron chi connectivity index (χ4n) is 2.65. The normalized spacial score (nSPS) is 14.9. The van der Waals surface area contributed by atoms with E-state index in [0.29, 0.717) is 6.04 Å². The number of hydrogen-bond donors (Lipinski definition) is 1. The molecule has 0 aliphatic carbocycles. The Labute approximate surface area is 126 Å². The highest BCUT2D eigenvalue weighted by atomic mass is 15.3. The molecule has 0 bridgehead atoms. The van der Waals surface area contributed by atoms with Crippen LogP contribution in [0.4, 0.5) is 17.5 Å². The molecule has 0 saturated carbocycles. The zero-order valence-corrected chi connectivity index (χ0v) is 12.9. The highest BCUT2D eigenvalue weighted by molar-refractivity contribution is 5.66. The van der Waals surface area contributed by atoms with Gasteiger partial charge >= 0.3 is 0 Å². The van der Waals surface area contributed by atoms with Crippen molar-refractivity contribution in [2.45, 2.75) is 39.7 Å². The second-order valence-corrected chi connectivity index (χ2v) is 5.68. The molecule has 2 aromatic rings. The van der Waals surface area contributed by atoms with Gasteiger partial charge < -0.3 is 10.2 Å². The summed E-state index contributed by atoms with van der Waals surface area (Å²) >= 11 is 0. The van der Waals surface area contributed by atoms with E-state index in [1.165, 1.54) is 11.3 Å². The lowest BCUT2D eigenvalue weighted by Gasteiger charge is -2.19. The molecule has 1 aliphatic heterocycles. The average Bonchev–Trinajstić information content (AvgIpc) is 2.90. The van der Waals surface area contributed by atoms with Gasteiger partial charge in [-0.1, -0.05) is 25.1 Å². The Hall–Kier alpha value is -2.10. The van der Waals surface area contributed by atoms with Crippen molar-refractivity contribution < 1.29 is 0 Å². The molecular formula is C17H22N4. The van der Waals surface area contributed by atoms with Crippen LogP contribution in [0.25, 0.3) is 0 Å². The zero-order valence-electron chi connectivity index (χ0n) is 12.9. The minimum Gasteiger partial charge on any atom is -0.367 e. The highest BCUT2D eigenvalue weighted by Gasteiger charge is 2.22. The van der Waals surface area contributed by atoms with E-state index in [2.05, 4.69) is 53.3 Å². The number of aromatic nitrogens is 2. The van der Waals surface area contributed by atoms with Crippen LogP contribution in [0, 0.1) is 6.92 Å². The monoisotopic (exact) mass is 282 g/mol. The number of fused-ring (bicyclic) bond motifs is 1. The van der Waals surface area contributed by atoms with Crippen LogP contribution in [-0.4, -0.2) is 22.6 Å². The van der Waals surface area contributed by atoms with Crippen molar-refractivity contribution in [1.82, 2.24) is 9.97 Å². The Bertz CT molecular complexity index is 638. The van der Waals surface area contributed by atoms with Gasteiger partial charge in [-0.15, -0.1) is 0 Å². The Morgan fingerprint density at radius 2 is 2.10 bits per heavy atom. The molecule has 0 amide bonds. The third kappa shape index (κ3) is 2.84. The first-order chi connectivity index (χ1) is 10.2. The molecule has 4 heteroatoms. The highest BCUT2D eigenvalue weighted by Crippen LogP contribution is 2.32. The van der Waals surface area contributed by atoms with E-state index < -0.39 is 0 Å². The summed E-state index contributed by atoms with van der Waals surface area (Å²) in [6.07, 6.45) is 2.13. The largest absolute Gasteiger partial charge is 0.367 e. The van der Waals surface area contributed by atoms with Gasteiger partial charge in [0.15, 0.2) is 0 Å². The molecule has 0 saturated heterocycles. The quantitative estimate of drug-likeness (QED) is 0.928. The van der Waals surface area contributed by atoms with Crippen LogP contribution in [0.15, 0.2) is 30.3 Å². The molecule has 1 aromatic heterocycles. The van der Waals surface area contributed by atoms with Gasteiger partial charge in [-0.25, -0.2) is 4.98 Å². The predicted molar refractivity (Wildman–Crippen MR) is 87.3 cm³/mol. The van der Waals surface area contributed by atoms with Crippen molar-refractivity contribution >= 4 is 17.5 Å². The molecule has 1 N–H and O–H groups in total. The van der Waals surface area contributed by atoms with E-state index in [4.69, 9.17) is 4.98 Å². The minimum atomic E-state index is 0.415. The first-order valence-electron chi connectivity index (χ1n) is 7.65. The lowest BCUT2D eigenvalue weighted by Crippen LogP contribution is -2.20. The summed E-state index contributed by atoms with van der Waals surface area (Å²) in [5.41, 5.74) is 3.60. The maximum absolute atomic E-state index is 4.71. The number of hydrogen-bond acceptors (Lipinski definition) is 4. The summed E-state index contributed by atoms with van der Waals surface area (Å²) in [4.78, 5) is 11.5. The Morgan fingerprint density at radius 3 is 2.90 bits per heavy atom. The molecule has 4 nitrogen and oxygen atoms in total. The topological polar surface area (TPSA) is 41.1 Å². The average molecular weight is 282 g/mol. The summed E-state index contributed by atoms with van der Waals surface area (Å²) in [5.74, 6) is 1.71. The summed E-state index contributed by atoms with van der Waals surface area (Å²) in [7, 11) is 0. The molecule has 3 rings (SSSR count). The number of benzene rings is 1. The molecule has 110 valence electrons. The van der Waals surface area contributed by atoms with Gasteiger partial charge in [0.1, 0.15) is 5.82 Å². The second-order valence-electron chi connectivity index (χ2n) is 5.68. The number of para-hydroxylation sites is 1. The third-order valence-corrected chi connectivity index (χ3v) is 3.98. The van der Waals surface area contributed by atoms with Gasteiger partial charge in [-0.3, -0.25) is 0 Å². The molecule has 1 aliphatic rings. The molecule has 1 aromatic carbocycles. The van der Waals surface area contributed by atoms with E-state index in [-0.39, 0.29) is 0 Å². The number of nitrogens with zero attached hydrogens (tertiary/aromatic N) is 3. The molecule has 21 heavy (non-hydrogen) atoms. The molecule has 1 atom stereocenters. The Kier molecular flexibility index (Phi) is 3.78. The van der Waals surface area contributed by atoms with Crippen LogP contribution in [0.5, 0.6) is 0 Å². The third-order valence-electron chi connectivity index (χ3n) is 3.98. The maximum atomic E-state index is 4.71. The zero-order chi connectivity index (χ0) is 14.8. The van der Waals surface area contributed by atoms with E-state index in [1.54, 1.807) is 0 Å². The second kappa shape index (κ2) is 5.72. The van der Waals surface area contributed by atoms with E-state index in [1.807, 2.05) is 13.0 Å². The molecule has 2 heterocycles. The molecule has 0 radical (unpaired) electrons. The van der Waals surface area contributed by atoms with Crippen LogP contribution >= 0.6 is 0 Å². The van der Waals surface area contributed by atoms with Gasteiger partial charge in [0.2, 0.25) is 5.95 Å². The van der Waals surface area contributed by atoms with Crippen LogP contribution in [0.3, 0.4) is 0 Å². The smallest absolute Gasteiger partial charge is 0.232 e. The van der Waals surface area contributed by atoms with Gasteiger partial charge in [-0.2, -0.15) is 4.98 Å². The summed E-state index contributed by atoms with van der Waals surface area (Å²) in [5, 5.41) is 3.44. The van der Waals surface area contributed by atoms with Crippen LogP contribution < -0.4 is 10.2 Å². The SMILES string of the molecule is CCC(C)Nc1cc(C)nc(N2CCc3ccccc32)n1. The predicted octanol–water partition coefficient (Wildman–Crippen LogP) is 3.69. The molecule has 0 fully saturated rings. The number of nitrogens with one attached hydrogen (secondary N) is 1. The van der Waals surface area contributed by atoms with Crippen molar-refractivity contribution in [2.75, 3.05) is 16.8 Å². The van der Waals surface area contributed by atoms with Gasteiger partial charge in [-0.05, 0) is 38.3 Å². The van der Waals surface area contributed by atoms with Crippen LogP contribution in [0.1, 0.15) is 31.5 Å². The van der Waals surface area contributed by atoms with Crippen molar-refractivity contribution in [3.05, 3.63) is 41.6 Å². The number of anilines is 3. The molecular weight excluding hydrogens is 260 g/mol. The van der Waals surface area contributed by atoms with Gasteiger partial charge in [0, 0.05) is 30.0 Å². The maximum Gasteiger partial charge on any atom is 0.232 e. The van der Waals surface area contributed by atoms with Crippen molar-refractivity contribution in [3.63, 3.8) is 0 Å². The van der Waals surface area contributed by atoms with Crippen molar-refractivity contribution in [1.29, 1.82) is 0 Å². The standard InChI is InChI=1S/C17H22N4/c1-4-12(2)18-16-11-13(3)19-17(20-16)21-10-9-14-7-5-6-8-15(14)21/h5-8,11-12H,4,9-10H2,1-3H3,(H,18,19,20). The first kappa shape index (κ1) is 13.9. The summed E-state index contributed by atoms with van der Waals surface area (Å²) in [6.45, 7) is 7.31. The van der Waals surface area contributed by atoms with Crippen LogP contribution in [0.2, 0.25) is 0 Å². The summed E-state index contributed by atoms with van der Waals surface area (Å²) < 4.78 is 0. The minimum absolute atomic E-state index is 0.415. The Morgan fingerprint density at radius 1 is 1.29 bits per heavy atom. The van der Waals surface area contributed by atoms with Crippen molar-refractivity contribution in [3.8, 4) is 0 Å². The number of aryl methyl sites for hydroxylation is 1.